The molecule has 0 radical (unpaired) electrons. The topological polar surface area (TPSA) is 30.0 Å². The molecule has 6 heteroatoms. The fourth-order valence-corrected chi connectivity index (χ4v) is 1.93. The maximum atomic E-state index is 12.4. The molecule has 0 aliphatic heterocycles. The summed E-state index contributed by atoms with van der Waals surface area (Å²) in [6.45, 7) is 1.84. The predicted molar refractivity (Wildman–Crippen MR) is 58.7 cm³/mol. The van der Waals surface area contributed by atoms with Crippen molar-refractivity contribution < 1.29 is 8.68 Å². The van der Waals surface area contributed by atoms with Crippen molar-refractivity contribution in [2.75, 3.05) is 5.75 Å². The standard InChI is InChI=1S/C8H7ClFNOS2/c1-2-13-8(12)7-5(14-10)3-4-6(9)11-7/h3-4H,2H2,1H3. The normalized spacial score (nSPS) is 10.2. The lowest BCUT2D eigenvalue weighted by Crippen LogP contribution is -2.00. The van der Waals surface area contributed by atoms with Gasteiger partial charge in [0, 0.05) is 0 Å². The lowest BCUT2D eigenvalue weighted by atomic mass is 10.4. The molecular weight excluding hydrogens is 245 g/mol. The molecule has 1 aromatic rings. The largest absolute Gasteiger partial charge is 0.280 e. The van der Waals surface area contributed by atoms with Gasteiger partial charge in [0.1, 0.15) is 10.8 Å². The van der Waals surface area contributed by atoms with Crippen molar-refractivity contribution in [3.63, 3.8) is 0 Å². The summed E-state index contributed by atoms with van der Waals surface area (Å²) in [7, 11) is 0. The maximum absolute atomic E-state index is 12.4. The number of hydrogen-bond acceptors (Lipinski definition) is 4. The number of aromatic nitrogens is 1. The first-order valence-corrected chi connectivity index (χ1v) is 5.89. The Kier molecular flexibility index (Phi) is 4.71. The molecule has 1 aromatic heterocycles. The van der Waals surface area contributed by atoms with Gasteiger partial charge in [-0.2, -0.15) is 3.89 Å². The lowest BCUT2D eigenvalue weighted by molar-refractivity contribution is 0.108. The van der Waals surface area contributed by atoms with Crippen LogP contribution in [0.5, 0.6) is 0 Å². The third kappa shape index (κ3) is 2.87. The van der Waals surface area contributed by atoms with Crippen molar-refractivity contribution in [1.82, 2.24) is 4.98 Å². The van der Waals surface area contributed by atoms with Crippen molar-refractivity contribution in [3.8, 4) is 0 Å². The molecule has 0 atom stereocenters. The van der Waals surface area contributed by atoms with Crippen molar-refractivity contribution in [3.05, 3.63) is 23.0 Å². The minimum absolute atomic E-state index is 0.00300. The van der Waals surface area contributed by atoms with E-state index in [1.807, 2.05) is 6.92 Å². The van der Waals surface area contributed by atoms with Crippen LogP contribution in [-0.4, -0.2) is 15.9 Å². The molecule has 0 bridgehead atoms. The summed E-state index contributed by atoms with van der Waals surface area (Å²) in [6, 6.07) is 2.90. The van der Waals surface area contributed by atoms with Crippen molar-refractivity contribution in [2.24, 2.45) is 0 Å². The third-order valence-corrected chi connectivity index (χ3v) is 2.83. The number of nitrogens with zero attached hydrogens (tertiary/aromatic N) is 1. The van der Waals surface area contributed by atoms with E-state index in [1.165, 1.54) is 12.1 Å². The number of rotatable bonds is 3. The summed E-state index contributed by atoms with van der Waals surface area (Å²) in [4.78, 5) is 15.4. The van der Waals surface area contributed by atoms with E-state index >= 15 is 0 Å². The quantitative estimate of drug-likeness (QED) is 0.768. The van der Waals surface area contributed by atoms with Crippen molar-refractivity contribution >= 4 is 40.6 Å². The van der Waals surface area contributed by atoms with Crippen LogP contribution < -0.4 is 0 Å². The third-order valence-electron chi connectivity index (χ3n) is 1.38. The highest BCUT2D eigenvalue weighted by atomic mass is 35.5. The number of thioether (sulfide) groups is 1. The van der Waals surface area contributed by atoms with Crippen LogP contribution in [0.25, 0.3) is 0 Å². The van der Waals surface area contributed by atoms with Gasteiger partial charge in [-0.05, 0) is 17.9 Å². The van der Waals surface area contributed by atoms with E-state index in [4.69, 9.17) is 11.6 Å². The lowest BCUT2D eigenvalue weighted by Gasteiger charge is -2.02. The summed E-state index contributed by atoms with van der Waals surface area (Å²) < 4.78 is 12.4. The van der Waals surface area contributed by atoms with Crippen molar-refractivity contribution in [2.45, 2.75) is 11.8 Å². The Balaban J connectivity index is 3.03. The molecule has 0 saturated carbocycles. The van der Waals surface area contributed by atoms with Crippen LogP contribution in [0.2, 0.25) is 5.15 Å². The fourth-order valence-electron chi connectivity index (χ4n) is 0.831. The molecular formula is C8H7ClFNOS2. The highest BCUT2D eigenvalue weighted by molar-refractivity contribution is 8.14. The second kappa shape index (κ2) is 5.58. The highest BCUT2D eigenvalue weighted by Gasteiger charge is 2.14. The van der Waals surface area contributed by atoms with Gasteiger partial charge in [-0.15, -0.1) is 0 Å². The number of hydrogen-bond donors (Lipinski definition) is 0. The number of carbonyl (C=O) groups is 1. The smallest absolute Gasteiger partial charge is 0.239 e. The van der Waals surface area contributed by atoms with Gasteiger partial charge in [-0.3, -0.25) is 4.79 Å². The van der Waals surface area contributed by atoms with E-state index in [-0.39, 0.29) is 33.0 Å². The number of halogens is 2. The molecule has 0 aliphatic rings. The Morgan fingerprint density at radius 2 is 2.36 bits per heavy atom. The minimum atomic E-state index is -0.254. The zero-order valence-corrected chi connectivity index (χ0v) is 9.68. The molecule has 0 fully saturated rings. The van der Waals surface area contributed by atoms with Gasteiger partial charge < -0.3 is 0 Å². The zero-order chi connectivity index (χ0) is 10.6. The van der Waals surface area contributed by atoms with Gasteiger partial charge >= 0.3 is 0 Å². The van der Waals surface area contributed by atoms with Gasteiger partial charge in [-0.25, -0.2) is 4.98 Å². The first-order valence-electron chi connectivity index (χ1n) is 3.81. The number of pyridine rings is 1. The van der Waals surface area contributed by atoms with E-state index in [1.54, 1.807) is 0 Å². The molecule has 14 heavy (non-hydrogen) atoms. The monoisotopic (exact) mass is 251 g/mol. The molecule has 2 nitrogen and oxygen atoms in total. The molecule has 0 unspecified atom stereocenters. The molecule has 1 heterocycles. The fraction of sp³-hybridized carbons (Fsp3) is 0.250. The number of carbonyl (C=O) groups excluding carboxylic acids is 1. The molecule has 0 aliphatic carbocycles. The molecule has 76 valence electrons. The van der Waals surface area contributed by atoms with Gasteiger partial charge in [0.25, 0.3) is 0 Å². The molecule has 0 amide bonds. The molecule has 0 N–H and O–H groups in total. The first kappa shape index (κ1) is 11.8. The van der Waals surface area contributed by atoms with E-state index in [0.717, 1.165) is 11.8 Å². The van der Waals surface area contributed by atoms with E-state index in [2.05, 4.69) is 4.98 Å². The first-order chi connectivity index (χ1) is 6.69. The molecule has 0 spiro atoms. The van der Waals surface area contributed by atoms with Gasteiger partial charge in [0.2, 0.25) is 5.12 Å². The van der Waals surface area contributed by atoms with Crippen LogP contribution in [0.1, 0.15) is 17.4 Å². The summed E-state index contributed by atoms with van der Waals surface area (Å²) in [5.41, 5.74) is 0.0943. The Morgan fingerprint density at radius 1 is 1.64 bits per heavy atom. The highest BCUT2D eigenvalue weighted by Crippen LogP contribution is 2.26. The van der Waals surface area contributed by atoms with Crippen LogP contribution in [0.15, 0.2) is 17.0 Å². The molecule has 0 aromatic carbocycles. The second-order valence-corrected chi connectivity index (χ2v) is 4.50. The second-order valence-electron chi connectivity index (χ2n) is 2.28. The van der Waals surface area contributed by atoms with Gasteiger partial charge in [-0.1, -0.05) is 30.3 Å². The Hall–Kier alpha value is -0.260. The van der Waals surface area contributed by atoms with E-state index < -0.39 is 0 Å². The van der Waals surface area contributed by atoms with Gasteiger partial charge in [0.15, 0.2) is 0 Å². The van der Waals surface area contributed by atoms with Crippen LogP contribution in [0.4, 0.5) is 3.89 Å². The summed E-state index contributed by atoms with van der Waals surface area (Å²) in [6.07, 6.45) is 0. The van der Waals surface area contributed by atoms with Crippen LogP contribution >= 0.6 is 35.5 Å². The summed E-state index contributed by atoms with van der Waals surface area (Å²) >= 11 is 6.70. The molecule has 0 saturated heterocycles. The van der Waals surface area contributed by atoms with Crippen LogP contribution in [0, 0.1) is 0 Å². The Labute approximate surface area is 94.9 Å². The zero-order valence-electron chi connectivity index (χ0n) is 7.29. The van der Waals surface area contributed by atoms with Crippen LogP contribution in [0.3, 0.4) is 0 Å². The maximum Gasteiger partial charge on any atom is 0.239 e. The Bertz CT molecular complexity index is 348. The van der Waals surface area contributed by atoms with Crippen molar-refractivity contribution in [1.29, 1.82) is 0 Å². The summed E-state index contributed by atoms with van der Waals surface area (Å²) in [5.74, 6) is 0.628. The van der Waals surface area contributed by atoms with Gasteiger partial charge in [0.05, 0.1) is 17.0 Å². The molecule has 1 rings (SSSR count). The predicted octanol–water partition coefficient (Wildman–Crippen LogP) is 3.60. The SMILES string of the molecule is CCSC(=O)c1nc(Cl)ccc1SF. The average molecular weight is 252 g/mol. The average Bonchev–Trinajstić information content (AvgIpc) is 2.18. The van der Waals surface area contributed by atoms with Crippen LogP contribution in [-0.2, 0) is 0 Å². The minimum Gasteiger partial charge on any atom is -0.280 e. The van der Waals surface area contributed by atoms with E-state index in [0.29, 0.717) is 5.75 Å². The summed E-state index contributed by atoms with van der Waals surface area (Å²) in [5, 5.41) is -0.0574. The van der Waals surface area contributed by atoms with E-state index in [9.17, 15) is 8.68 Å². The Morgan fingerprint density at radius 3 is 2.93 bits per heavy atom.